The third-order valence-corrected chi connectivity index (χ3v) is 13.5. The molecule has 6 aliphatic heterocycles. The second-order valence-electron chi connectivity index (χ2n) is 18.3. The van der Waals surface area contributed by atoms with Crippen LogP contribution in [0.5, 0.6) is 0 Å². The minimum atomic E-state index is -3.51. The van der Waals surface area contributed by atoms with Crippen molar-refractivity contribution >= 4 is 30.5 Å². The van der Waals surface area contributed by atoms with Gasteiger partial charge in [0.05, 0.1) is 36.6 Å². The monoisotopic (exact) mass is 855 g/mol. The quantitative estimate of drug-likeness (QED) is 0.201. The molecule has 6 rings (SSSR count). The van der Waals surface area contributed by atoms with Crippen LogP contribution >= 0.6 is 0 Å². The summed E-state index contributed by atoms with van der Waals surface area (Å²) in [4.78, 5) is 56.4. The highest BCUT2D eigenvalue weighted by Gasteiger charge is 2.72. The molecule has 0 aliphatic carbocycles. The van der Waals surface area contributed by atoms with Crippen LogP contribution in [-0.4, -0.2) is 101 Å². The Labute approximate surface area is 360 Å². The predicted molar refractivity (Wildman–Crippen MR) is 224 cm³/mol. The Bertz CT molecular complexity index is 1560. The van der Waals surface area contributed by atoms with Crippen LogP contribution in [0.25, 0.3) is 0 Å². The van der Waals surface area contributed by atoms with E-state index >= 15 is 0 Å². The SMILES string of the molecule is C[C@@H]1C(=O)C[C@@H](O)CC/C=C/C=C\CC[C@H](C)OC(=O)C2O[B-]34OC(C(=O)O[C@@H](C)CC/C=C\C=C\CC[C@H](O)CC(=O)[C@@H](C)[C@@H]5CC[C@@H](C)[C@]2(O5)O3)[C@@]2(O[C@H]1CC[C@H]2C)O4. The number of ether oxygens (including phenoxy) is 4. The van der Waals surface area contributed by atoms with Gasteiger partial charge in [-0.15, -0.1) is 0 Å². The highest BCUT2D eigenvalue weighted by Crippen LogP contribution is 2.55. The minimum absolute atomic E-state index is 0.0710. The zero-order chi connectivity index (χ0) is 44.0. The molecule has 0 amide bonds. The lowest BCUT2D eigenvalue weighted by atomic mass is 9.82. The summed E-state index contributed by atoms with van der Waals surface area (Å²) in [7, 11) is 0. The van der Waals surface area contributed by atoms with Gasteiger partial charge in [0.25, 0.3) is 0 Å². The van der Waals surface area contributed by atoms with E-state index in [1.54, 1.807) is 27.7 Å². The van der Waals surface area contributed by atoms with E-state index in [9.17, 15) is 29.4 Å². The second kappa shape index (κ2) is 20.7. The number of aliphatic hydroxyl groups excluding tert-OH is 2. The molecule has 61 heavy (non-hydrogen) atoms. The molecule has 14 nitrogen and oxygen atoms in total. The van der Waals surface area contributed by atoms with E-state index in [2.05, 4.69) is 0 Å². The van der Waals surface area contributed by atoms with E-state index in [4.69, 9.17) is 37.6 Å². The summed E-state index contributed by atoms with van der Waals surface area (Å²) >= 11 is 0. The zero-order valence-corrected chi connectivity index (χ0v) is 36.8. The van der Waals surface area contributed by atoms with E-state index in [1.165, 1.54) is 0 Å². The summed E-state index contributed by atoms with van der Waals surface area (Å²) in [6.45, 7) is 7.23. The summed E-state index contributed by atoms with van der Waals surface area (Å²) in [6, 6.07) is 0. The van der Waals surface area contributed by atoms with E-state index in [0.29, 0.717) is 77.0 Å². The van der Waals surface area contributed by atoms with E-state index in [-0.39, 0.29) is 24.4 Å². The molecule has 0 aromatic carbocycles. The van der Waals surface area contributed by atoms with Crippen LogP contribution < -0.4 is 0 Å². The first-order valence-corrected chi connectivity index (χ1v) is 22.8. The van der Waals surface area contributed by atoms with E-state index in [0.717, 1.165) is 0 Å². The molecule has 14 atom stereocenters. The first kappa shape index (κ1) is 47.5. The topological polar surface area (TPSA) is 183 Å². The van der Waals surface area contributed by atoms with Crippen LogP contribution in [0.15, 0.2) is 48.6 Å². The van der Waals surface area contributed by atoms with Gasteiger partial charge in [0, 0.05) is 36.5 Å². The number of carbonyl (C=O) groups is 4. The molecule has 15 heteroatoms. The number of cyclic esters (lactones) is 2. The van der Waals surface area contributed by atoms with Crippen molar-refractivity contribution in [2.45, 2.75) is 192 Å². The summed E-state index contributed by atoms with van der Waals surface area (Å²) in [5.74, 6) is -8.24. The van der Waals surface area contributed by atoms with E-state index < -0.39 is 103 Å². The van der Waals surface area contributed by atoms with Crippen molar-refractivity contribution in [3.63, 3.8) is 0 Å². The van der Waals surface area contributed by atoms with E-state index in [1.807, 2.05) is 62.5 Å². The van der Waals surface area contributed by atoms with Crippen molar-refractivity contribution in [2.75, 3.05) is 0 Å². The van der Waals surface area contributed by atoms with Crippen LogP contribution in [0.3, 0.4) is 0 Å². The molecule has 0 radical (unpaired) electrons. The molecule has 3 spiro atoms. The number of rotatable bonds is 0. The Kier molecular flexibility index (Phi) is 16.1. The van der Waals surface area contributed by atoms with Crippen molar-refractivity contribution in [2.24, 2.45) is 23.7 Å². The molecule has 0 aromatic rings. The lowest BCUT2D eigenvalue weighted by molar-refractivity contribution is -0.294. The number of hydrogen-bond donors (Lipinski definition) is 2. The third kappa shape index (κ3) is 11.0. The number of Topliss-reactive ketones (excluding diaryl/α,β-unsaturated/α-hetero) is 2. The molecule has 0 saturated carbocycles. The Balaban J connectivity index is 1.43. The normalized spacial score (nSPS) is 46.2. The average molecular weight is 856 g/mol. The number of aliphatic hydroxyl groups is 2. The zero-order valence-electron chi connectivity index (χ0n) is 36.8. The number of esters is 2. The maximum atomic E-state index is 14.5. The van der Waals surface area contributed by atoms with Gasteiger partial charge in [-0.05, 0) is 90.9 Å². The molecule has 6 heterocycles. The highest BCUT2D eigenvalue weighted by molar-refractivity contribution is 6.56. The molecular formula is C46H68BO14-. The molecule has 6 aliphatic rings. The Morgan fingerprint density at radius 2 is 0.885 bits per heavy atom. The standard InChI is InChI=1S/C46H68BO14/c1-29-23-25-39-33(5)37(50)27-35(48)21-17-13-10-8-12-16-20-32(4)55-44(53)42-46-30(2)24-26-40(57-46)34(6)38(51)28-36(49)22-18-14-9-7-11-15-19-31(3)54-43(52)41-45(29,56-39)60-47(58-41,59-42)61-46/h7-14,29-36,39-42,48-49H,15-28H2,1-6H3/q-1/b11-7-,12-8-,13-10+,14-9+/t29-,30-,31+,32+,33-,34-,35+,36+,39+,40+,41?,42?,45+,46+,47?/m1/s1. The van der Waals surface area contributed by atoms with Crippen molar-refractivity contribution in [1.29, 1.82) is 0 Å². The van der Waals surface area contributed by atoms with Gasteiger partial charge in [-0.25, -0.2) is 9.59 Å². The molecule has 340 valence electrons. The number of allylic oxidation sites excluding steroid dienone is 8. The fourth-order valence-corrected chi connectivity index (χ4v) is 9.42. The first-order chi connectivity index (χ1) is 29.1. The van der Waals surface area contributed by atoms with Gasteiger partial charge in [0.2, 0.25) is 0 Å². The molecule has 4 fully saturated rings. The van der Waals surface area contributed by atoms with Gasteiger partial charge in [0.1, 0.15) is 11.6 Å². The molecule has 0 aromatic heterocycles. The van der Waals surface area contributed by atoms with Gasteiger partial charge < -0.3 is 47.8 Å². The van der Waals surface area contributed by atoms with Crippen LogP contribution in [0.1, 0.15) is 131 Å². The number of hydrogen-bond acceptors (Lipinski definition) is 14. The molecular weight excluding hydrogens is 787 g/mol. The van der Waals surface area contributed by atoms with Gasteiger partial charge in [-0.3, -0.25) is 9.59 Å². The highest BCUT2D eigenvalue weighted by atomic mass is 17.0. The molecule has 2 N–H and O–H groups in total. The fraction of sp³-hybridized carbons (Fsp3) is 0.739. The Morgan fingerprint density at radius 1 is 0.525 bits per heavy atom. The second-order valence-corrected chi connectivity index (χ2v) is 18.3. The van der Waals surface area contributed by atoms with Gasteiger partial charge in [-0.1, -0.05) is 76.3 Å². The summed E-state index contributed by atoms with van der Waals surface area (Å²) in [5.41, 5.74) is 0. The van der Waals surface area contributed by atoms with Crippen LogP contribution in [-0.2, 0) is 56.7 Å². The fourth-order valence-electron chi connectivity index (χ4n) is 9.42. The predicted octanol–water partition coefficient (Wildman–Crippen LogP) is 6.42. The lowest BCUT2D eigenvalue weighted by Crippen LogP contribution is -2.59. The number of carbonyl (C=O) groups excluding carboxylic acids is 4. The first-order valence-electron chi connectivity index (χ1n) is 22.8. The summed E-state index contributed by atoms with van der Waals surface area (Å²) < 4.78 is 52.5. The van der Waals surface area contributed by atoms with Crippen LogP contribution in [0, 0.1) is 23.7 Å². The summed E-state index contributed by atoms with van der Waals surface area (Å²) in [6.07, 6.45) is 13.6. The molecule has 4 saturated heterocycles. The van der Waals surface area contributed by atoms with Gasteiger partial charge in [0.15, 0.2) is 23.8 Å². The molecule has 2 unspecified atom stereocenters. The van der Waals surface area contributed by atoms with Crippen LogP contribution in [0.2, 0.25) is 0 Å². The van der Waals surface area contributed by atoms with Crippen LogP contribution in [0.4, 0.5) is 0 Å². The van der Waals surface area contributed by atoms with Crippen molar-refractivity contribution in [3.8, 4) is 0 Å². The minimum Gasteiger partial charge on any atom is -0.504 e. The van der Waals surface area contributed by atoms with Gasteiger partial charge in [-0.2, -0.15) is 0 Å². The smallest absolute Gasteiger partial charge is 0.504 e. The van der Waals surface area contributed by atoms with Crippen molar-refractivity contribution in [1.82, 2.24) is 0 Å². The van der Waals surface area contributed by atoms with Gasteiger partial charge >= 0.3 is 18.9 Å². The largest absolute Gasteiger partial charge is 0.536 e. The Hall–Kier alpha value is -3.02. The third-order valence-electron chi connectivity index (χ3n) is 13.5. The Morgan fingerprint density at radius 3 is 1.26 bits per heavy atom. The number of fused-ring (bicyclic) bond motifs is 4. The lowest BCUT2D eigenvalue weighted by Gasteiger charge is -2.49. The average Bonchev–Trinajstić information content (AvgIpc) is 3.70. The van der Waals surface area contributed by atoms with Crippen molar-refractivity contribution < 1.29 is 67.0 Å². The summed E-state index contributed by atoms with van der Waals surface area (Å²) in [5, 5.41) is 21.7. The number of ketones is 2. The maximum Gasteiger partial charge on any atom is 0.536 e. The molecule has 7 bridgehead atoms. The maximum absolute atomic E-state index is 14.5. The van der Waals surface area contributed by atoms with Crippen molar-refractivity contribution in [3.05, 3.63) is 48.6 Å².